The van der Waals surface area contributed by atoms with Crippen LogP contribution in [0, 0.1) is 0 Å². The predicted octanol–water partition coefficient (Wildman–Crippen LogP) is 2.94. The van der Waals surface area contributed by atoms with E-state index in [1.807, 2.05) is 36.4 Å². The minimum atomic E-state index is -0.233. The number of hydrazone groups is 1. The van der Waals surface area contributed by atoms with Gasteiger partial charge in [0.15, 0.2) is 0 Å². The lowest BCUT2D eigenvalue weighted by atomic mass is 10.1. The van der Waals surface area contributed by atoms with Crippen molar-refractivity contribution >= 4 is 23.7 Å². The van der Waals surface area contributed by atoms with Crippen molar-refractivity contribution in [2.24, 2.45) is 5.10 Å². The Bertz CT molecular complexity index is 723. The summed E-state index contributed by atoms with van der Waals surface area (Å²) in [6, 6.07) is 14.8. The third-order valence-electron chi connectivity index (χ3n) is 3.98. The van der Waals surface area contributed by atoms with Crippen LogP contribution in [0.15, 0.2) is 53.6 Å². The molecular weight excluding hydrogens is 338 g/mol. The minimum Gasteiger partial charge on any atom is -0.379 e. The molecule has 25 heavy (non-hydrogen) atoms. The van der Waals surface area contributed by atoms with Crippen LogP contribution in [0.25, 0.3) is 0 Å². The molecule has 1 amide bonds. The van der Waals surface area contributed by atoms with Crippen molar-refractivity contribution in [2.75, 3.05) is 26.3 Å². The zero-order valence-corrected chi connectivity index (χ0v) is 14.6. The second-order valence-corrected chi connectivity index (χ2v) is 6.27. The fraction of sp³-hybridized carbons (Fsp3) is 0.263. The number of halogens is 1. The smallest absolute Gasteiger partial charge is 0.271 e. The molecule has 0 atom stereocenters. The van der Waals surface area contributed by atoms with E-state index in [9.17, 15) is 4.79 Å². The van der Waals surface area contributed by atoms with E-state index in [-0.39, 0.29) is 5.91 Å². The van der Waals surface area contributed by atoms with Gasteiger partial charge >= 0.3 is 0 Å². The lowest BCUT2D eigenvalue weighted by Crippen LogP contribution is -2.35. The van der Waals surface area contributed by atoms with Crippen molar-refractivity contribution in [3.05, 3.63) is 70.2 Å². The molecule has 0 bridgehead atoms. The molecule has 0 spiro atoms. The van der Waals surface area contributed by atoms with E-state index in [0.29, 0.717) is 10.6 Å². The molecule has 5 nitrogen and oxygen atoms in total. The summed E-state index contributed by atoms with van der Waals surface area (Å²) < 4.78 is 5.35. The average molecular weight is 358 g/mol. The molecule has 0 aliphatic carbocycles. The predicted molar refractivity (Wildman–Crippen MR) is 99.1 cm³/mol. The van der Waals surface area contributed by atoms with Crippen molar-refractivity contribution in [1.29, 1.82) is 0 Å². The summed E-state index contributed by atoms with van der Waals surface area (Å²) in [6.45, 7) is 4.33. The molecule has 1 aliphatic rings. The Kier molecular flexibility index (Phi) is 6.17. The van der Waals surface area contributed by atoms with Gasteiger partial charge in [0, 0.05) is 30.2 Å². The monoisotopic (exact) mass is 357 g/mol. The van der Waals surface area contributed by atoms with Gasteiger partial charge < -0.3 is 4.74 Å². The number of benzene rings is 2. The number of carbonyl (C=O) groups is 1. The van der Waals surface area contributed by atoms with E-state index < -0.39 is 0 Å². The summed E-state index contributed by atoms with van der Waals surface area (Å²) in [5.74, 6) is -0.233. The normalized spacial score (nSPS) is 15.4. The van der Waals surface area contributed by atoms with Crippen LogP contribution in [0.4, 0.5) is 0 Å². The molecule has 0 aromatic heterocycles. The second kappa shape index (κ2) is 8.76. The van der Waals surface area contributed by atoms with Gasteiger partial charge in [0.2, 0.25) is 0 Å². The van der Waals surface area contributed by atoms with Gasteiger partial charge in [-0.15, -0.1) is 0 Å². The summed E-state index contributed by atoms with van der Waals surface area (Å²) in [5.41, 5.74) is 5.17. The summed E-state index contributed by atoms with van der Waals surface area (Å²) >= 11 is 5.83. The number of hydrogen-bond donors (Lipinski definition) is 1. The maximum atomic E-state index is 12.1. The van der Waals surface area contributed by atoms with Crippen LogP contribution in [-0.2, 0) is 11.3 Å². The summed E-state index contributed by atoms with van der Waals surface area (Å²) in [5, 5.41) is 4.64. The van der Waals surface area contributed by atoms with Gasteiger partial charge in [0.25, 0.3) is 5.91 Å². The zero-order valence-electron chi connectivity index (χ0n) is 13.8. The third-order valence-corrected chi connectivity index (χ3v) is 4.23. The van der Waals surface area contributed by atoms with Crippen LogP contribution in [0.1, 0.15) is 21.5 Å². The Morgan fingerprint density at radius 1 is 1.12 bits per heavy atom. The summed E-state index contributed by atoms with van der Waals surface area (Å²) in [4.78, 5) is 14.5. The van der Waals surface area contributed by atoms with Crippen LogP contribution in [0.5, 0.6) is 0 Å². The Morgan fingerprint density at radius 2 is 1.80 bits per heavy atom. The lowest BCUT2D eigenvalue weighted by molar-refractivity contribution is 0.0342. The van der Waals surface area contributed by atoms with Gasteiger partial charge in [-0.3, -0.25) is 9.69 Å². The van der Waals surface area contributed by atoms with Crippen molar-refractivity contribution in [1.82, 2.24) is 10.3 Å². The number of ether oxygens (including phenoxy) is 1. The van der Waals surface area contributed by atoms with E-state index in [1.165, 1.54) is 5.56 Å². The lowest BCUT2D eigenvalue weighted by Gasteiger charge is -2.26. The first kappa shape index (κ1) is 17.6. The van der Waals surface area contributed by atoms with Crippen molar-refractivity contribution in [3.8, 4) is 0 Å². The first-order valence-electron chi connectivity index (χ1n) is 8.19. The molecular formula is C19H20ClN3O2. The highest BCUT2D eigenvalue weighted by atomic mass is 35.5. The van der Waals surface area contributed by atoms with Gasteiger partial charge in [-0.1, -0.05) is 35.9 Å². The zero-order chi connectivity index (χ0) is 17.5. The molecule has 1 N–H and O–H groups in total. The Morgan fingerprint density at radius 3 is 2.48 bits per heavy atom. The molecule has 0 radical (unpaired) electrons. The van der Waals surface area contributed by atoms with Crippen LogP contribution >= 0.6 is 11.6 Å². The highest BCUT2D eigenvalue weighted by Gasteiger charge is 2.11. The summed E-state index contributed by atoms with van der Waals surface area (Å²) in [6.07, 6.45) is 1.58. The molecule has 2 aromatic carbocycles. The Hall–Kier alpha value is -2.21. The van der Waals surface area contributed by atoms with Crippen molar-refractivity contribution in [3.63, 3.8) is 0 Å². The molecule has 0 unspecified atom stereocenters. The van der Waals surface area contributed by atoms with Gasteiger partial charge in [-0.05, 0) is 35.4 Å². The van der Waals surface area contributed by atoms with Crippen molar-refractivity contribution in [2.45, 2.75) is 6.54 Å². The number of carbonyl (C=O) groups excluding carboxylic acids is 1. The van der Waals surface area contributed by atoms with Gasteiger partial charge in [0.05, 0.1) is 19.4 Å². The topological polar surface area (TPSA) is 53.9 Å². The number of nitrogens with one attached hydrogen (secondary N) is 1. The SMILES string of the molecule is O=C(N/N=C\c1ccc(Cl)cc1)c1ccc(CN2CCOCC2)cc1. The van der Waals surface area contributed by atoms with E-state index in [4.69, 9.17) is 16.3 Å². The second-order valence-electron chi connectivity index (χ2n) is 5.84. The molecule has 6 heteroatoms. The number of morpholine rings is 1. The fourth-order valence-corrected chi connectivity index (χ4v) is 2.68. The van der Waals surface area contributed by atoms with Gasteiger partial charge in [-0.2, -0.15) is 5.10 Å². The standard InChI is InChI=1S/C19H20ClN3O2/c20-18-7-3-15(4-8-18)13-21-22-19(24)17-5-1-16(2-6-17)14-23-9-11-25-12-10-23/h1-8,13H,9-12,14H2,(H,22,24)/b21-13-. The van der Waals surface area contributed by atoms with Crippen LogP contribution in [0.3, 0.4) is 0 Å². The molecule has 130 valence electrons. The molecule has 3 rings (SSSR count). The quantitative estimate of drug-likeness (QED) is 0.661. The number of nitrogens with zero attached hydrogens (tertiary/aromatic N) is 2. The summed E-state index contributed by atoms with van der Waals surface area (Å²) in [7, 11) is 0. The first-order chi connectivity index (χ1) is 12.2. The number of rotatable bonds is 5. The average Bonchev–Trinajstić information content (AvgIpc) is 2.65. The minimum absolute atomic E-state index is 0.233. The third kappa shape index (κ3) is 5.39. The van der Waals surface area contributed by atoms with Gasteiger partial charge in [-0.25, -0.2) is 5.43 Å². The maximum absolute atomic E-state index is 12.1. The van der Waals surface area contributed by atoms with Gasteiger partial charge in [0.1, 0.15) is 0 Å². The molecule has 0 saturated carbocycles. The maximum Gasteiger partial charge on any atom is 0.271 e. The molecule has 1 saturated heterocycles. The fourth-order valence-electron chi connectivity index (χ4n) is 2.56. The van der Waals surface area contributed by atoms with E-state index >= 15 is 0 Å². The first-order valence-corrected chi connectivity index (χ1v) is 8.56. The highest BCUT2D eigenvalue weighted by Crippen LogP contribution is 2.10. The molecule has 2 aromatic rings. The van der Waals surface area contributed by atoms with E-state index in [0.717, 1.165) is 38.4 Å². The number of amides is 1. The van der Waals surface area contributed by atoms with Crippen molar-refractivity contribution < 1.29 is 9.53 Å². The molecule has 1 fully saturated rings. The van der Waals surface area contributed by atoms with E-state index in [2.05, 4.69) is 15.4 Å². The van der Waals surface area contributed by atoms with Crippen LogP contribution in [-0.4, -0.2) is 43.3 Å². The van der Waals surface area contributed by atoms with E-state index in [1.54, 1.807) is 18.3 Å². The Balaban J connectivity index is 1.52. The molecule has 1 heterocycles. The highest BCUT2D eigenvalue weighted by molar-refractivity contribution is 6.30. The largest absolute Gasteiger partial charge is 0.379 e. The van der Waals surface area contributed by atoms with Crippen LogP contribution < -0.4 is 5.43 Å². The molecule has 1 aliphatic heterocycles. The van der Waals surface area contributed by atoms with Crippen LogP contribution in [0.2, 0.25) is 5.02 Å². The number of hydrogen-bond acceptors (Lipinski definition) is 4. The Labute approximate surface area is 152 Å².